The van der Waals surface area contributed by atoms with E-state index in [9.17, 15) is 0 Å². The summed E-state index contributed by atoms with van der Waals surface area (Å²) in [6.07, 6.45) is 39.1. The zero-order chi connectivity index (χ0) is 47.7. The third kappa shape index (κ3) is 11.7. The molecule has 6 fully saturated rings. The molecule has 8 aliphatic rings. The van der Waals surface area contributed by atoms with Crippen LogP contribution in [-0.4, -0.2) is 46.5 Å². The van der Waals surface area contributed by atoms with Crippen LogP contribution in [0.2, 0.25) is 0 Å². The number of fused-ring (bicyclic) bond motifs is 10. The minimum absolute atomic E-state index is 0.404. The van der Waals surface area contributed by atoms with Crippen LogP contribution in [0.15, 0.2) is 23.3 Å². The second-order valence-corrected chi connectivity index (χ2v) is 30.9. The maximum atomic E-state index is 6.68. The summed E-state index contributed by atoms with van der Waals surface area (Å²) in [5, 5.41) is 0. The monoisotopic (exact) mass is 1150 g/mol. The third-order valence-corrected chi connectivity index (χ3v) is 24.7. The van der Waals surface area contributed by atoms with Crippen molar-refractivity contribution in [2.24, 2.45) is 92.7 Å². The highest BCUT2D eigenvalue weighted by molar-refractivity contribution is 14.1. The normalized spacial score (nSPS) is 42.1. The number of hydrogen-bond donors (Lipinski definition) is 0. The molecule has 8 rings (SSSR count). The van der Waals surface area contributed by atoms with E-state index in [-0.39, 0.29) is 0 Å². The second kappa shape index (κ2) is 23.2. The molecule has 0 bridgehead atoms. The van der Waals surface area contributed by atoms with Crippen LogP contribution in [0.25, 0.3) is 0 Å². The molecule has 4 unspecified atom stereocenters. The molecule has 0 aromatic rings. The molecule has 0 aromatic carbocycles. The van der Waals surface area contributed by atoms with Crippen molar-refractivity contribution in [2.75, 3.05) is 26.4 Å². The maximum Gasteiger partial charge on any atom is 0.0612 e. The van der Waals surface area contributed by atoms with Crippen molar-refractivity contribution >= 4 is 45.2 Å². The Morgan fingerprint density at radius 1 is 0.507 bits per heavy atom. The molecule has 0 aliphatic heterocycles. The van der Waals surface area contributed by atoms with Gasteiger partial charge in [-0.1, -0.05) is 176 Å². The standard InChI is InChI=1S/C62H104I2O3/c1-41(2)13-11-15-43(5)53-21-23-55-51-19-17-45-37-49(25-31-59(45,7)57(51)27-33-61(53,55)9)66-35-29-47(63)39-65-40-48(64)30-36-67-50-26-32-60(8)46(38-50)18-20-52-56-24-22-54(44(6)16-12-14-42(3)4)62(56,10)34-28-58(52)60/h17-18,41-44,47-58H,11-16,19-40H2,1-10H3/t43-,44-,47?,48?,49?,50?,51+,52+,53-,54-,55+,56+,57+,58+,59+,60+,61-,62-/m1/s1. The molecule has 0 saturated heterocycles. The fraction of sp³-hybridized carbons (Fsp3) is 0.935. The van der Waals surface area contributed by atoms with Crippen LogP contribution in [0, 0.1) is 92.7 Å². The third-order valence-electron chi connectivity index (χ3n) is 22.7. The minimum Gasteiger partial charge on any atom is -0.379 e. The molecule has 0 radical (unpaired) electrons. The summed E-state index contributed by atoms with van der Waals surface area (Å²) in [5.41, 5.74) is 5.50. The van der Waals surface area contributed by atoms with Gasteiger partial charge < -0.3 is 14.2 Å². The summed E-state index contributed by atoms with van der Waals surface area (Å²) in [7, 11) is 0. The average Bonchev–Trinajstić information content (AvgIpc) is 3.83. The molecule has 8 aliphatic carbocycles. The van der Waals surface area contributed by atoms with Crippen LogP contribution in [-0.2, 0) is 14.2 Å². The molecule has 0 amide bonds. The molecule has 6 saturated carbocycles. The van der Waals surface area contributed by atoms with Gasteiger partial charge in [0.05, 0.1) is 25.4 Å². The zero-order valence-electron chi connectivity index (χ0n) is 45.2. The molecule has 67 heavy (non-hydrogen) atoms. The maximum absolute atomic E-state index is 6.68. The van der Waals surface area contributed by atoms with Gasteiger partial charge in [-0.2, -0.15) is 0 Å². The van der Waals surface area contributed by atoms with Crippen LogP contribution < -0.4 is 0 Å². The van der Waals surface area contributed by atoms with Crippen LogP contribution in [0.5, 0.6) is 0 Å². The van der Waals surface area contributed by atoms with Crippen molar-refractivity contribution in [3.8, 4) is 0 Å². The average molecular weight is 1150 g/mol. The van der Waals surface area contributed by atoms with Crippen molar-refractivity contribution in [3.63, 3.8) is 0 Å². The van der Waals surface area contributed by atoms with Gasteiger partial charge in [-0.25, -0.2) is 0 Å². The number of hydrogen-bond acceptors (Lipinski definition) is 3. The van der Waals surface area contributed by atoms with E-state index >= 15 is 0 Å². The first-order chi connectivity index (χ1) is 32.0. The predicted octanol–water partition coefficient (Wildman–Crippen LogP) is 18.2. The van der Waals surface area contributed by atoms with E-state index in [0.29, 0.717) is 41.7 Å². The Morgan fingerprint density at radius 3 is 1.33 bits per heavy atom. The Morgan fingerprint density at radius 2 is 0.925 bits per heavy atom. The highest BCUT2D eigenvalue weighted by Crippen LogP contribution is 2.69. The summed E-state index contributed by atoms with van der Waals surface area (Å²) >= 11 is 5.23. The molecule has 18 atom stereocenters. The fourth-order valence-corrected chi connectivity index (χ4v) is 19.8. The van der Waals surface area contributed by atoms with Gasteiger partial charge in [0.2, 0.25) is 0 Å². The topological polar surface area (TPSA) is 27.7 Å². The molecule has 0 heterocycles. The molecule has 384 valence electrons. The lowest BCUT2D eigenvalue weighted by Gasteiger charge is -2.58. The van der Waals surface area contributed by atoms with Crippen molar-refractivity contribution in [1.82, 2.24) is 0 Å². The fourth-order valence-electron chi connectivity index (χ4n) is 18.8. The first-order valence-corrected chi connectivity index (χ1v) is 31.9. The number of alkyl halides is 2. The van der Waals surface area contributed by atoms with E-state index in [1.165, 1.54) is 141 Å². The molecule has 0 spiro atoms. The van der Waals surface area contributed by atoms with Crippen LogP contribution in [0.3, 0.4) is 0 Å². The summed E-state index contributed by atoms with van der Waals surface area (Å²) < 4.78 is 20.7. The van der Waals surface area contributed by atoms with Crippen molar-refractivity contribution in [1.29, 1.82) is 0 Å². The SMILES string of the molecule is CC(C)CCC[C@@H](C)[C@H]1CC[C@H]2[C@@H]3CC=C4CC(OCCC(I)COCC(I)CCOC5CC[C@@]6(C)C(=CC[C@H]7[C@@H]8CC[C@H]([C@H](C)CCCC(C)C)[C@@]8(C)CC[C@@H]76)C5)CC[C@]4(C)[C@H]3CC[C@]12C. The lowest BCUT2D eigenvalue weighted by atomic mass is 9.47. The van der Waals surface area contributed by atoms with Crippen LogP contribution in [0.4, 0.5) is 0 Å². The van der Waals surface area contributed by atoms with Crippen LogP contribution >= 0.6 is 45.2 Å². The van der Waals surface area contributed by atoms with E-state index in [0.717, 1.165) is 110 Å². The van der Waals surface area contributed by atoms with E-state index in [1.807, 2.05) is 0 Å². The van der Waals surface area contributed by atoms with Crippen molar-refractivity contribution in [3.05, 3.63) is 23.3 Å². The largest absolute Gasteiger partial charge is 0.379 e. The van der Waals surface area contributed by atoms with Gasteiger partial charge >= 0.3 is 0 Å². The molecule has 0 N–H and O–H groups in total. The van der Waals surface area contributed by atoms with E-state index in [4.69, 9.17) is 14.2 Å². The molecule has 3 nitrogen and oxygen atoms in total. The zero-order valence-corrected chi connectivity index (χ0v) is 49.5. The number of rotatable bonds is 22. The van der Waals surface area contributed by atoms with Gasteiger partial charge in [0.1, 0.15) is 0 Å². The lowest BCUT2D eigenvalue weighted by molar-refractivity contribution is -0.0643. The number of allylic oxidation sites excluding steroid dienone is 2. The Bertz CT molecular complexity index is 1540. The Hall–Kier alpha value is 0.820. The lowest BCUT2D eigenvalue weighted by Crippen LogP contribution is -2.51. The van der Waals surface area contributed by atoms with Crippen molar-refractivity contribution in [2.45, 2.75) is 243 Å². The van der Waals surface area contributed by atoms with Gasteiger partial charge in [0, 0.05) is 21.1 Å². The summed E-state index contributed by atoms with van der Waals surface area (Å²) in [6.45, 7) is 29.0. The summed E-state index contributed by atoms with van der Waals surface area (Å²) in [6, 6.07) is 0. The van der Waals surface area contributed by atoms with Gasteiger partial charge in [0.25, 0.3) is 0 Å². The number of halogens is 2. The van der Waals surface area contributed by atoms with Crippen molar-refractivity contribution < 1.29 is 14.2 Å². The smallest absolute Gasteiger partial charge is 0.0612 e. The van der Waals surface area contributed by atoms with E-state index in [1.54, 1.807) is 11.1 Å². The second-order valence-electron chi connectivity index (χ2n) is 27.4. The summed E-state index contributed by atoms with van der Waals surface area (Å²) in [4.78, 5) is 0. The van der Waals surface area contributed by atoms with Gasteiger partial charge in [-0.3, -0.25) is 0 Å². The molecular weight excluding hydrogens is 1050 g/mol. The van der Waals surface area contributed by atoms with E-state index < -0.39 is 0 Å². The predicted molar refractivity (Wildman–Crippen MR) is 301 cm³/mol. The molecule has 0 aromatic heterocycles. The van der Waals surface area contributed by atoms with Crippen LogP contribution in [0.1, 0.15) is 223 Å². The van der Waals surface area contributed by atoms with E-state index in [2.05, 4.69) is 127 Å². The highest BCUT2D eigenvalue weighted by atomic mass is 127. The Kier molecular flexibility index (Phi) is 18.7. The first kappa shape index (κ1) is 54.1. The molecule has 5 heteroatoms. The summed E-state index contributed by atoms with van der Waals surface area (Å²) in [5.74, 6) is 10.9. The highest BCUT2D eigenvalue weighted by Gasteiger charge is 2.61. The van der Waals surface area contributed by atoms with Gasteiger partial charge in [-0.05, 0) is 208 Å². The Labute approximate surface area is 441 Å². The molecular formula is C62H104I2O3. The quantitative estimate of drug-likeness (QED) is 0.0614. The first-order valence-electron chi connectivity index (χ1n) is 29.4. The minimum atomic E-state index is 0.404. The van der Waals surface area contributed by atoms with Gasteiger partial charge in [0.15, 0.2) is 0 Å². The number of ether oxygens (including phenoxy) is 3. The Balaban J connectivity index is 0.702. The van der Waals surface area contributed by atoms with Gasteiger partial charge in [-0.15, -0.1) is 0 Å².